The summed E-state index contributed by atoms with van der Waals surface area (Å²) in [7, 11) is 0. The number of carbonyl (C=O) groups is 1. The molecular formula is C15H18OS. The summed E-state index contributed by atoms with van der Waals surface area (Å²) in [6.07, 6.45) is 6.04. The van der Waals surface area contributed by atoms with Crippen molar-refractivity contribution in [2.75, 3.05) is 5.75 Å². The molecule has 4 heterocycles. The van der Waals surface area contributed by atoms with Crippen LogP contribution in [-0.4, -0.2) is 11.5 Å². The highest BCUT2D eigenvalue weighted by Crippen LogP contribution is 2.35. The van der Waals surface area contributed by atoms with Crippen molar-refractivity contribution in [3.05, 3.63) is 29.8 Å². The summed E-state index contributed by atoms with van der Waals surface area (Å²) in [5.41, 5.74) is 0.915. The molecule has 1 aromatic carbocycles. The first kappa shape index (κ1) is 11.3. The minimum atomic E-state index is 0.296. The van der Waals surface area contributed by atoms with Crippen molar-refractivity contribution in [2.45, 2.75) is 37.0 Å². The Balaban J connectivity index is 1.91. The van der Waals surface area contributed by atoms with E-state index in [1.807, 2.05) is 23.9 Å². The molecule has 6 rings (SSSR count). The molecule has 0 spiro atoms. The molecule has 4 bridgehead atoms. The van der Waals surface area contributed by atoms with Gasteiger partial charge in [-0.3, -0.25) is 4.79 Å². The maximum atomic E-state index is 12.3. The molecule has 1 nitrogen and oxygen atoms in total. The third kappa shape index (κ3) is 2.42. The van der Waals surface area contributed by atoms with Gasteiger partial charge in [-0.25, -0.2) is 0 Å². The summed E-state index contributed by atoms with van der Waals surface area (Å²) in [6.45, 7) is 0. The highest BCUT2D eigenvalue weighted by molar-refractivity contribution is 7.99. The van der Waals surface area contributed by atoms with Crippen LogP contribution in [0.2, 0.25) is 0 Å². The first-order valence-electron chi connectivity index (χ1n) is 6.60. The Hall–Kier alpha value is -0.760. The SMILES string of the molecule is O=C1c2ccc(cc2)SCCC2CCC1CC2. The molecular weight excluding hydrogens is 228 g/mol. The first-order chi connectivity index (χ1) is 8.33. The lowest BCUT2D eigenvalue weighted by molar-refractivity contribution is 0.0871. The van der Waals surface area contributed by atoms with Crippen molar-refractivity contribution in [3.63, 3.8) is 0 Å². The maximum Gasteiger partial charge on any atom is 0.165 e. The number of carbonyl (C=O) groups excluding carboxylic acids is 1. The summed E-state index contributed by atoms with van der Waals surface area (Å²) < 4.78 is 0. The average Bonchev–Trinajstić information content (AvgIpc) is 2.38. The van der Waals surface area contributed by atoms with Crippen molar-refractivity contribution in [1.82, 2.24) is 0 Å². The van der Waals surface area contributed by atoms with E-state index in [-0.39, 0.29) is 0 Å². The fourth-order valence-electron chi connectivity index (χ4n) is 3.01. The van der Waals surface area contributed by atoms with Crippen LogP contribution in [0.25, 0.3) is 0 Å². The number of thioether (sulfide) groups is 1. The van der Waals surface area contributed by atoms with Crippen molar-refractivity contribution >= 4 is 17.5 Å². The van der Waals surface area contributed by atoms with Gasteiger partial charge in [-0.1, -0.05) is 12.1 Å². The van der Waals surface area contributed by atoms with Gasteiger partial charge >= 0.3 is 0 Å². The Morgan fingerprint density at radius 3 is 2.35 bits per heavy atom. The highest BCUT2D eigenvalue weighted by atomic mass is 32.2. The minimum Gasteiger partial charge on any atom is -0.294 e. The van der Waals surface area contributed by atoms with Crippen LogP contribution in [0.15, 0.2) is 29.2 Å². The molecule has 1 fully saturated rings. The number of hydrogen-bond acceptors (Lipinski definition) is 2. The van der Waals surface area contributed by atoms with Crippen LogP contribution in [0, 0.1) is 11.8 Å². The van der Waals surface area contributed by atoms with Crippen molar-refractivity contribution < 1.29 is 4.79 Å². The average molecular weight is 246 g/mol. The second-order valence-corrected chi connectivity index (χ2v) is 6.41. The van der Waals surface area contributed by atoms with Gasteiger partial charge in [0, 0.05) is 16.4 Å². The van der Waals surface area contributed by atoms with E-state index < -0.39 is 0 Å². The summed E-state index contributed by atoms with van der Waals surface area (Å²) >= 11 is 1.93. The first-order valence-corrected chi connectivity index (χ1v) is 7.58. The molecule has 2 heteroatoms. The number of Topliss-reactive ketones (excluding diaryl/α,β-unsaturated/α-hetero) is 1. The van der Waals surface area contributed by atoms with Crippen molar-refractivity contribution in [2.24, 2.45) is 11.8 Å². The van der Waals surface area contributed by atoms with Crippen LogP contribution in [0.1, 0.15) is 42.5 Å². The van der Waals surface area contributed by atoms with Crippen LogP contribution < -0.4 is 0 Å². The van der Waals surface area contributed by atoms with E-state index in [0.29, 0.717) is 11.7 Å². The van der Waals surface area contributed by atoms with E-state index in [1.165, 1.54) is 29.9 Å². The second kappa shape index (κ2) is 4.85. The van der Waals surface area contributed by atoms with E-state index in [4.69, 9.17) is 0 Å². The molecule has 1 aromatic rings. The zero-order chi connectivity index (χ0) is 11.7. The Morgan fingerprint density at radius 2 is 1.65 bits per heavy atom. The predicted molar refractivity (Wildman–Crippen MR) is 71.6 cm³/mol. The lowest BCUT2D eigenvalue weighted by atomic mass is 9.78. The highest BCUT2D eigenvalue weighted by Gasteiger charge is 2.27. The van der Waals surface area contributed by atoms with E-state index in [0.717, 1.165) is 24.3 Å². The van der Waals surface area contributed by atoms with E-state index in [9.17, 15) is 4.79 Å². The fraction of sp³-hybridized carbons (Fsp3) is 0.533. The van der Waals surface area contributed by atoms with Gasteiger partial charge in [-0.05, 0) is 55.9 Å². The summed E-state index contributed by atoms with van der Waals surface area (Å²) in [4.78, 5) is 13.6. The molecule has 5 aliphatic rings. The van der Waals surface area contributed by atoms with Gasteiger partial charge in [0.1, 0.15) is 0 Å². The van der Waals surface area contributed by atoms with Gasteiger partial charge in [-0.15, -0.1) is 11.8 Å². The summed E-state index contributed by atoms with van der Waals surface area (Å²) in [5, 5.41) is 0. The van der Waals surface area contributed by atoms with Gasteiger partial charge < -0.3 is 0 Å². The Morgan fingerprint density at radius 1 is 0.941 bits per heavy atom. The van der Waals surface area contributed by atoms with Crippen LogP contribution in [-0.2, 0) is 0 Å². The summed E-state index contributed by atoms with van der Waals surface area (Å²) in [5.74, 6) is 2.76. The third-order valence-corrected chi connectivity index (χ3v) is 5.20. The number of benzene rings is 1. The number of ketones is 1. The predicted octanol–water partition coefficient (Wildman–Crippen LogP) is 4.17. The molecule has 0 aromatic heterocycles. The van der Waals surface area contributed by atoms with Crippen molar-refractivity contribution in [3.8, 4) is 0 Å². The monoisotopic (exact) mass is 246 g/mol. The Bertz CT molecular complexity index is 401. The molecule has 0 radical (unpaired) electrons. The number of rotatable bonds is 0. The molecule has 0 unspecified atom stereocenters. The molecule has 90 valence electrons. The zero-order valence-electron chi connectivity index (χ0n) is 10.0. The molecule has 17 heavy (non-hydrogen) atoms. The largest absolute Gasteiger partial charge is 0.294 e. The van der Waals surface area contributed by atoms with Crippen LogP contribution in [0.4, 0.5) is 0 Å². The smallest absolute Gasteiger partial charge is 0.165 e. The van der Waals surface area contributed by atoms with Crippen LogP contribution in [0.5, 0.6) is 0 Å². The lowest BCUT2D eigenvalue weighted by Crippen LogP contribution is -2.22. The van der Waals surface area contributed by atoms with E-state index in [1.54, 1.807) is 0 Å². The van der Waals surface area contributed by atoms with E-state index in [2.05, 4.69) is 12.1 Å². The van der Waals surface area contributed by atoms with Gasteiger partial charge in [0.15, 0.2) is 5.78 Å². The van der Waals surface area contributed by atoms with Gasteiger partial charge in [0.2, 0.25) is 0 Å². The normalized spacial score (nSPS) is 28.8. The maximum absolute atomic E-state index is 12.3. The third-order valence-electron chi connectivity index (χ3n) is 4.15. The van der Waals surface area contributed by atoms with E-state index >= 15 is 0 Å². The quantitative estimate of drug-likeness (QED) is 0.683. The molecule has 4 aliphatic heterocycles. The molecule has 0 saturated heterocycles. The molecule has 0 N–H and O–H groups in total. The van der Waals surface area contributed by atoms with Gasteiger partial charge in [-0.2, -0.15) is 0 Å². The Kier molecular flexibility index (Phi) is 3.24. The fourth-order valence-corrected chi connectivity index (χ4v) is 4.02. The topological polar surface area (TPSA) is 17.1 Å². The molecule has 0 atom stereocenters. The standard InChI is InChI=1S/C15H18OS/c16-15-12-3-1-11(2-4-12)9-10-17-14-7-5-13(15)6-8-14/h5-8,11-12H,1-4,9-10H2. The van der Waals surface area contributed by atoms with Gasteiger partial charge in [0.25, 0.3) is 0 Å². The number of hydrogen-bond donors (Lipinski definition) is 0. The lowest BCUT2D eigenvalue weighted by Gasteiger charge is -2.28. The van der Waals surface area contributed by atoms with Crippen LogP contribution in [0.3, 0.4) is 0 Å². The molecule has 1 saturated carbocycles. The summed E-state index contributed by atoms with van der Waals surface area (Å²) in [6, 6.07) is 8.23. The van der Waals surface area contributed by atoms with Crippen LogP contribution >= 0.6 is 11.8 Å². The molecule has 0 amide bonds. The molecule has 1 aliphatic carbocycles. The van der Waals surface area contributed by atoms with Crippen molar-refractivity contribution in [1.29, 1.82) is 0 Å². The minimum absolute atomic E-state index is 0.296. The van der Waals surface area contributed by atoms with Gasteiger partial charge in [0.05, 0.1) is 0 Å². The Labute approximate surface area is 107 Å². The zero-order valence-corrected chi connectivity index (χ0v) is 10.8. The second-order valence-electron chi connectivity index (χ2n) is 5.24.